The summed E-state index contributed by atoms with van der Waals surface area (Å²) < 4.78 is 0. The molecule has 5 rings (SSSR count). The molecule has 2 heterocycles. The molecule has 2 nitrogen and oxygen atoms in total. The Morgan fingerprint density at radius 2 is 1.58 bits per heavy atom. The molecule has 0 N–H and O–H groups in total. The first-order valence-electron chi connectivity index (χ1n) is 11.7. The summed E-state index contributed by atoms with van der Waals surface area (Å²) >= 11 is 1.95. The maximum Gasteiger partial charge on any atom is 0.111 e. The van der Waals surface area contributed by atoms with Gasteiger partial charge in [-0.3, -0.25) is 4.99 Å². The van der Waals surface area contributed by atoms with E-state index in [1.807, 2.05) is 11.8 Å². The van der Waals surface area contributed by atoms with Crippen molar-refractivity contribution in [1.29, 1.82) is 0 Å². The second-order valence-corrected chi connectivity index (χ2v) is 11.7. The average molecular weight is 453 g/mol. The van der Waals surface area contributed by atoms with Crippen molar-refractivity contribution in [3.8, 4) is 0 Å². The molecule has 0 saturated heterocycles. The van der Waals surface area contributed by atoms with Gasteiger partial charge in [0.15, 0.2) is 0 Å². The fourth-order valence-corrected chi connectivity index (χ4v) is 7.11. The molecule has 0 radical (unpaired) electrons. The van der Waals surface area contributed by atoms with Crippen LogP contribution in [0.5, 0.6) is 0 Å². The largest absolute Gasteiger partial charge is 0.264 e. The van der Waals surface area contributed by atoms with Gasteiger partial charge in [-0.05, 0) is 89.4 Å². The van der Waals surface area contributed by atoms with Gasteiger partial charge in [0.1, 0.15) is 6.34 Å². The summed E-state index contributed by atoms with van der Waals surface area (Å²) in [4.78, 5) is 11.1. The molecule has 0 spiro atoms. The third kappa shape index (κ3) is 3.77. The van der Waals surface area contributed by atoms with E-state index in [2.05, 4.69) is 97.0 Å². The van der Waals surface area contributed by atoms with Crippen molar-refractivity contribution in [1.82, 2.24) is 0 Å². The first kappa shape index (κ1) is 22.2. The molecule has 3 aromatic carbocycles. The van der Waals surface area contributed by atoms with E-state index in [0.717, 1.165) is 5.71 Å². The number of hydrogen-bond acceptors (Lipinski definition) is 3. The summed E-state index contributed by atoms with van der Waals surface area (Å²) in [5.41, 5.74) is 10.5. The smallest absolute Gasteiger partial charge is 0.111 e. The van der Waals surface area contributed by atoms with Gasteiger partial charge < -0.3 is 0 Å². The zero-order chi connectivity index (χ0) is 23.5. The van der Waals surface area contributed by atoms with Crippen LogP contribution in [0.2, 0.25) is 0 Å². The normalized spacial score (nSPS) is 20.4. The number of benzene rings is 3. The summed E-state index contributed by atoms with van der Waals surface area (Å²) in [6.45, 7) is 15.8. The van der Waals surface area contributed by atoms with Crippen molar-refractivity contribution in [3.05, 3.63) is 87.5 Å². The van der Waals surface area contributed by atoms with E-state index in [0.29, 0.717) is 0 Å². The number of aliphatic imine (C=N–C) groups is 2. The van der Waals surface area contributed by atoms with Crippen molar-refractivity contribution < 1.29 is 0 Å². The first-order valence-corrected chi connectivity index (χ1v) is 12.6. The molecule has 2 aliphatic rings. The lowest BCUT2D eigenvalue weighted by atomic mass is 9.81. The molecular formula is C30H32N2S. The summed E-state index contributed by atoms with van der Waals surface area (Å²) in [5.74, 6) is 0. The van der Waals surface area contributed by atoms with Crippen LogP contribution in [0, 0.1) is 20.8 Å². The molecule has 0 bridgehead atoms. The Bertz CT molecular complexity index is 1340. The van der Waals surface area contributed by atoms with Crippen LogP contribution in [0.4, 0.5) is 0 Å². The van der Waals surface area contributed by atoms with Gasteiger partial charge in [0, 0.05) is 4.91 Å². The molecular weight excluding hydrogens is 420 g/mol. The number of aryl methyl sites for hydroxylation is 3. The highest BCUT2D eigenvalue weighted by atomic mass is 32.2. The van der Waals surface area contributed by atoms with Crippen molar-refractivity contribution in [3.63, 3.8) is 0 Å². The van der Waals surface area contributed by atoms with Gasteiger partial charge in [0.25, 0.3) is 0 Å². The van der Waals surface area contributed by atoms with Crippen LogP contribution in [0.25, 0.3) is 15.7 Å². The van der Waals surface area contributed by atoms with Gasteiger partial charge in [-0.15, -0.1) is 11.8 Å². The number of rotatable bonds is 2. The zero-order valence-electron chi connectivity index (χ0n) is 20.7. The zero-order valence-corrected chi connectivity index (χ0v) is 21.5. The van der Waals surface area contributed by atoms with Gasteiger partial charge in [-0.2, -0.15) is 0 Å². The summed E-state index contributed by atoms with van der Waals surface area (Å²) in [6, 6.07) is 18.1. The minimum Gasteiger partial charge on any atom is -0.264 e. The summed E-state index contributed by atoms with van der Waals surface area (Å²) in [7, 11) is 0. The Labute approximate surface area is 201 Å². The van der Waals surface area contributed by atoms with Gasteiger partial charge in [-0.1, -0.05) is 62.7 Å². The quantitative estimate of drug-likeness (QED) is 0.389. The molecule has 3 aromatic rings. The van der Waals surface area contributed by atoms with Crippen LogP contribution in [0.1, 0.15) is 61.1 Å². The molecule has 2 atom stereocenters. The van der Waals surface area contributed by atoms with Crippen LogP contribution >= 0.6 is 11.8 Å². The second-order valence-electron chi connectivity index (χ2n) is 10.5. The van der Waals surface area contributed by atoms with Gasteiger partial charge in [0.05, 0.1) is 17.0 Å². The van der Waals surface area contributed by atoms with E-state index in [1.54, 1.807) is 6.34 Å². The molecule has 3 heteroatoms. The average Bonchev–Trinajstić information content (AvgIpc) is 3.08. The Balaban J connectivity index is 1.61. The summed E-state index contributed by atoms with van der Waals surface area (Å²) in [5, 5.41) is 2.81. The SMILES string of the molecule is CC1=C(c2c(C)cc(C)cc2C)SC2C(c3cc(C(C)(C)C)c4ccccc4c3)=NC=NC12. The van der Waals surface area contributed by atoms with Crippen molar-refractivity contribution in [2.24, 2.45) is 9.98 Å². The molecule has 33 heavy (non-hydrogen) atoms. The molecule has 0 aliphatic carbocycles. The lowest BCUT2D eigenvalue weighted by Crippen LogP contribution is -2.31. The molecule has 0 amide bonds. The monoisotopic (exact) mass is 452 g/mol. The number of fused-ring (bicyclic) bond motifs is 2. The molecule has 2 unspecified atom stereocenters. The van der Waals surface area contributed by atoms with E-state index >= 15 is 0 Å². The van der Waals surface area contributed by atoms with Crippen LogP contribution in [-0.2, 0) is 5.41 Å². The predicted octanol–water partition coefficient (Wildman–Crippen LogP) is 7.81. The van der Waals surface area contributed by atoms with Crippen LogP contribution in [0.15, 0.2) is 64.1 Å². The van der Waals surface area contributed by atoms with E-state index < -0.39 is 0 Å². The van der Waals surface area contributed by atoms with E-state index in [9.17, 15) is 0 Å². The Morgan fingerprint density at radius 3 is 2.27 bits per heavy atom. The van der Waals surface area contributed by atoms with Gasteiger partial charge in [0.2, 0.25) is 0 Å². The van der Waals surface area contributed by atoms with Crippen molar-refractivity contribution >= 4 is 39.5 Å². The lowest BCUT2D eigenvalue weighted by molar-refractivity contribution is 0.596. The van der Waals surface area contributed by atoms with Crippen molar-refractivity contribution in [2.45, 2.75) is 65.2 Å². The molecule has 168 valence electrons. The highest BCUT2D eigenvalue weighted by Crippen LogP contribution is 2.49. The Morgan fingerprint density at radius 1 is 0.879 bits per heavy atom. The first-order chi connectivity index (χ1) is 15.6. The minimum atomic E-state index is 0.0522. The van der Waals surface area contributed by atoms with E-state index in [4.69, 9.17) is 9.98 Å². The summed E-state index contributed by atoms with van der Waals surface area (Å²) in [6.07, 6.45) is 1.78. The highest BCUT2D eigenvalue weighted by molar-refractivity contribution is 8.10. The Hall–Kier alpha value is -2.65. The highest BCUT2D eigenvalue weighted by Gasteiger charge is 2.39. The van der Waals surface area contributed by atoms with Crippen LogP contribution in [0.3, 0.4) is 0 Å². The third-order valence-electron chi connectivity index (χ3n) is 6.90. The fourth-order valence-electron chi connectivity index (χ4n) is 5.39. The number of thioether (sulfide) groups is 1. The van der Waals surface area contributed by atoms with Crippen LogP contribution < -0.4 is 0 Å². The van der Waals surface area contributed by atoms with E-state index in [-0.39, 0.29) is 16.7 Å². The molecule has 0 aromatic heterocycles. The van der Waals surface area contributed by atoms with Gasteiger partial charge in [-0.25, -0.2) is 4.99 Å². The topological polar surface area (TPSA) is 24.7 Å². The Kier molecular flexibility index (Phi) is 5.36. The van der Waals surface area contributed by atoms with Crippen LogP contribution in [-0.4, -0.2) is 23.3 Å². The molecule has 0 fully saturated rings. The number of hydrogen-bond donors (Lipinski definition) is 0. The third-order valence-corrected chi connectivity index (χ3v) is 8.39. The predicted molar refractivity (Wildman–Crippen MR) is 146 cm³/mol. The van der Waals surface area contributed by atoms with Gasteiger partial charge >= 0.3 is 0 Å². The standard InChI is InChI=1S/C30H32N2S/c1-17-12-18(2)25(19(3)13-17)28-20(4)26-29(33-28)27(32-16-31-26)22-14-21-10-8-9-11-23(21)24(15-22)30(5,6)7/h8-16,26,29H,1-7H3. The molecule has 2 aliphatic heterocycles. The maximum absolute atomic E-state index is 4.87. The van der Waals surface area contributed by atoms with E-state index in [1.165, 1.54) is 54.6 Å². The molecule has 0 saturated carbocycles. The van der Waals surface area contributed by atoms with Crippen molar-refractivity contribution in [2.75, 3.05) is 0 Å². The number of nitrogens with zero attached hydrogens (tertiary/aromatic N) is 2. The minimum absolute atomic E-state index is 0.0522. The second kappa shape index (κ2) is 7.99. The fraction of sp³-hybridized carbons (Fsp3) is 0.333. The lowest BCUT2D eigenvalue weighted by Gasteiger charge is -2.26. The maximum atomic E-state index is 4.87.